The summed E-state index contributed by atoms with van der Waals surface area (Å²) in [5.74, 6) is 0.484. The average molecular weight is 212 g/mol. The van der Waals surface area contributed by atoms with E-state index in [1.807, 2.05) is 0 Å². The second-order valence-electron chi connectivity index (χ2n) is 6.43. The predicted molar refractivity (Wildman–Crippen MR) is 62.3 cm³/mol. The highest BCUT2D eigenvalue weighted by atomic mass is 16.2. The fourth-order valence-corrected chi connectivity index (χ4v) is 2.27. The van der Waals surface area contributed by atoms with Crippen LogP contribution in [-0.2, 0) is 4.79 Å². The van der Waals surface area contributed by atoms with E-state index in [1.54, 1.807) is 13.8 Å². The average Bonchev–Trinajstić information content (AvgIpc) is 2.38. The minimum absolute atomic E-state index is 0.0685. The van der Waals surface area contributed by atoms with E-state index in [0.717, 1.165) is 6.54 Å². The zero-order valence-electron chi connectivity index (χ0n) is 10.8. The molecule has 0 heterocycles. The van der Waals surface area contributed by atoms with E-state index in [9.17, 15) is 4.79 Å². The summed E-state index contributed by atoms with van der Waals surface area (Å²) < 4.78 is 0. The van der Waals surface area contributed by atoms with Gasteiger partial charge in [0.25, 0.3) is 0 Å². The van der Waals surface area contributed by atoms with Crippen LogP contribution in [0.15, 0.2) is 0 Å². The molecule has 1 fully saturated rings. The van der Waals surface area contributed by atoms with Gasteiger partial charge in [-0.15, -0.1) is 0 Å². The molecule has 0 aromatic heterocycles. The first-order valence-corrected chi connectivity index (χ1v) is 5.58. The first-order chi connectivity index (χ1) is 6.51. The molecule has 1 rings (SSSR count). The Kier molecular flexibility index (Phi) is 2.67. The molecular weight excluding hydrogens is 188 g/mol. The van der Waals surface area contributed by atoms with Crippen molar-refractivity contribution in [2.24, 2.45) is 22.5 Å². The summed E-state index contributed by atoms with van der Waals surface area (Å²) in [4.78, 5) is 11.6. The zero-order chi connectivity index (χ0) is 12.1. The number of nitrogens with one attached hydrogen (secondary N) is 1. The van der Waals surface area contributed by atoms with Gasteiger partial charge in [-0.3, -0.25) is 4.79 Å². The Morgan fingerprint density at radius 2 is 1.67 bits per heavy atom. The molecule has 3 heteroatoms. The molecule has 0 aromatic carbocycles. The summed E-state index contributed by atoms with van der Waals surface area (Å²) in [6.07, 6.45) is 0. The van der Waals surface area contributed by atoms with Crippen molar-refractivity contribution in [1.82, 2.24) is 5.32 Å². The first kappa shape index (κ1) is 12.5. The standard InChI is InChI=1S/C12H24N2O/c1-10(2)8(11(10,3)4)7-14-9(15)12(5,6)13/h8H,7,13H2,1-6H3,(H,14,15). The lowest BCUT2D eigenvalue weighted by Crippen LogP contribution is -2.49. The summed E-state index contributed by atoms with van der Waals surface area (Å²) in [7, 11) is 0. The van der Waals surface area contributed by atoms with Gasteiger partial charge in [-0.25, -0.2) is 0 Å². The number of hydrogen-bond donors (Lipinski definition) is 2. The molecule has 0 aliphatic heterocycles. The maximum absolute atomic E-state index is 11.6. The monoisotopic (exact) mass is 212 g/mol. The Hall–Kier alpha value is -0.570. The van der Waals surface area contributed by atoms with Crippen molar-refractivity contribution in [3.8, 4) is 0 Å². The molecule has 0 unspecified atom stereocenters. The van der Waals surface area contributed by atoms with Crippen LogP contribution in [0.25, 0.3) is 0 Å². The molecule has 88 valence electrons. The van der Waals surface area contributed by atoms with Gasteiger partial charge < -0.3 is 11.1 Å². The Morgan fingerprint density at radius 1 is 1.27 bits per heavy atom. The Bertz CT molecular complexity index is 260. The van der Waals surface area contributed by atoms with Crippen LogP contribution in [0.4, 0.5) is 0 Å². The number of carbonyl (C=O) groups is 1. The van der Waals surface area contributed by atoms with E-state index in [-0.39, 0.29) is 5.91 Å². The van der Waals surface area contributed by atoms with Crippen molar-refractivity contribution in [3.63, 3.8) is 0 Å². The lowest BCUT2D eigenvalue weighted by Gasteiger charge is -2.18. The van der Waals surface area contributed by atoms with E-state index in [2.05, 4.69) is 33.0 Å². The van der Waals surface area contributed by atoms with E-state index in [1.165, 1.54) is 0 Å². The largest absolute Gasteiger partial charge is 0.354 e. The quantitative estimate of drug-likeness (QED) is 0.745. The highest BCUT2D eigenvalue weighted by Gasteiger charge is 2.64. The molecule has 0 bridgehead atoms. The molecule has 3 nitrogen and oxygen atoms in total. The van der Waals surface area contributed by atoms with Gasteiger partial charge in [-0.1, -0.05) is 27.7 Å². The molecule has 1 amide bonds. The van der Waals surface area contributed by atoms with E-state index >= 15 is 0 Å². The normalized spacial score (nSPS) is 23.7. The molecule has 3 N–H and O–H groups in total. The van der Waals surface area contributed by atoms with E-state index < -0.39 is 5.54 Å². The van der Waals surface area contributed by atoms with Gasteiger partial charge in [-0.2, -0.15) is 0 Å². The van der Waals surface area contributed by atoms with Crippen LogP contribution in [0.3, 0.4) is 0 Å². The number of rotatable bonds is 3. The van der Waals surface area contributed by atoms with Crippen LogP contribution in [-0.4, -0.2) is 18.0 Å². The van der Waals surface area contributed by atoms with Crippen LogP contribution in [0.2, 0.25) is 0 Å². The third-order valence-electron chi connectivity index (χ3n) is 4.37. The van der Waals surface area contributed by atoms with Gasteiger partial charge in [0.1, 0.15) is 0 Å². The molecule has 1 aliphatic rings. The van der Waals surface area contributed by atoms with Crippen molar-refractivity contribution in [1.29, 1.82) is 0 Å². The third kappa shape index (κ3) is 2.03. The number of amides is 1. The van der Waals surface area contributed by atoms with Gasteiger partial charge >= 0.3 is 0 Å². The maximum Gasteiger partial charge on any atom is 0.239 e. The number of carbonyl (C=O) groups excluding carboxylic acids is 1. The van der Waals surface area contributed by atoms with Crippen LogP contribution in [0, 0.1) is 16.7 Å². The highest BCUT2D eigenvalue weighted by molar-refractivity contribution is 5.85. The highest BCUT2D eigenvalue weighted by Crippen LogP contribution is 2.67. The third-order valence-corrected chi connectivity index (χ3v) is 4.37. The first-order valence-electron chi connectivity index (χ1n) is 5.58. The smallest absolute Gasteiger partial charge is 0.239 e. The van der Waals surface area contributed by atoms with E-state index in [0.29, 0.717) is 16.7 Å². The van der Waals surface area contributed by atoms with Crippen molar-refractivity contribution in [3.05, 3.63) is 0 Å². The number of nitrogens with two attached hydrogens (primary N) is 1. The molecular formula is C12H24N2O. The van der Waals surface area contributed by atoms with Crippen molar-refractivity contribution < 1.29 is 4.79 Å². The lowest BCUT2D eigenvalue weighted by atomic mass is 10.0. The molecule has 0 saturated heterocycles. The SMILES string of the molecule is CC(C)(N)C(=O)NCC1C(C)(C)C1(C)C. The minimum Gasteiger partial charge on any atom is -0.354 e. The molecule has 1 aliphatic carbocycles. The molecule has 0 aromatic rings. The molecule has 1 saturated carbocycles. The Balaban J connectivity index is 2.45. The van der Waals surface area contributed by atoms with Crippen molar-refractivity contribution in [2.75, 3.05) is 6.54 Å². The molecule has 0 spiro atoms. The summed E-state index contributed by atoms with van der Waals surface area (Å²) in [6.45, 7) is 13.2. The Labute approximate surface area is 92.8 Å². The Morgan fingerprint density at radius 3 is 1.93 bits per heavy atom. The van der Waals surface area contributed by atoms with Gasteiger partial charge in [0.15, 0.2) is 0 Å². The lowest BCUT2D eigenvalue weighted by molar-refractivity contribution is -0.125. The second kappa shape index (κ2) is 3.21. The van der Waals surface area contributed by atoms with E-state index in [4.69, 9.17) is 5.73 Å². The van der Waals surface area contributed by atoms with Crippen LogP contribution in [0.1, 0.15) is 41.5 Å². The van der Waals surface area contributed by atoms with Gasteiger partial charge in [-0.05, 0) is 30.6 Å². The molecule has 0 radical (unpaired) electrons. The van der Waals surface area contributed by atoms with Gasteiger partial charge in [0.2, 0.25) is 5.91 Å². The predicted octanol–water partition coefficient (Wildman–Crippen LogP) is 1.52. The van der Waals surface area contributed by atoms with Crippen molar-refractivity contribution in [2.45, 2.75) is 47.1 Å². The number of hydrogen-bond acceptors (Lipinski definition) is 2. The summed E-state index contributed by atoms with van der Waals surface area (Å²) >= 11 is 0. The van der Waals surface area contributed by atoms with Crippen molar-refractivity contribution >= 4 is 5.91 Å². The van der Waals surface area contributed by atoms with Gasteiger partial charge in [0, 0.05) is 6.54 Å². The summed E-state index contributed by atoms with van der Waals surface area (Å²) in [5, 5.41) is 2.93. The fourth-order valence-electron chi connectivity index (χ4n) is 2.27. The molecule has 0 atom stereocenters. The van der Waals surface area contributed by atoms with Crippen LogP contribution < -0.4 is 11.1 Å². The molecule has 15 heavy (non-hydrogen) atoms. The minimum atomic E-state index is -0.775. The van der Waals surface area contributed by atoms with Crippen LogP contribution >= 0.6 is 0 Å². The maximum atomic E-state index is 11.6. The second-order valence-corrected chi connectivity index (χ2v) is 6.43. The summed E-state index contributed by atoms with van der Waals surface area (Å²) in [5.41, 5.74) is 5.57. The zero-order valence-corrected chi connectivity index (χ0v) is 10.8. The van der Waals surface area contributed by atoms with Crippen LogP contribution in [0.5, 0.6) is 0 Å². The summed E-state index contributed by atoms with van der Waals surface area (Å²) in [6, 6.07) is 0. The topological polar surface area (TPSA) is 55.1 Å². The fraction of sp³-hybridized carbons (Fsp3) is 0.917. The van der Waals surface area contributed by atoms with Gasteiger partial charge in [0.05, 0.1) is 5.54 Å².